The summed E-state index contributed by atoms with van der Waals surface area (Å²) in [5.41, 5.74) is 0.469. The van der Waals surface area contributed by atoms with Gasteiger partial charge in [-0.1, -0.05) is 48.5 Å². The van der Waals surface area contributed by atoms with Crippen molar-refractivity contribution in [3.05, 3.63) is 59.7 Å². The molecule has 0 saturated heterocycles. The number of halogens is 1. The number of Topliss-reactive ketones (excluding diaryl/α,β-unsaturated/α-hetero) is 1. The van der Waals surface area contributed by atoms with Crippen LogP contribution in [-0.2, 0) is 6.42 Å². The highest BCUT2D eigenvalue weighted by molar-refractivity contribution is 6.09. The lowest BCUT2D eigenvalue weighted by Crippen LogP contribution is -2.27. The number of nitriles is 1. The Morgan fingerprint density at radius 3 is 2.53 bits per heavy atom. The zero-order valence-electron chi connectivity index (χ0n) is 10.1. The van der Waals surface area contributed by atoms with Crippen LogP contribution < -0.4 is 0 Å². The Labute approximate surface area is 110 Å². The Morgan fingerprint density at radius 1 is 1.11 bits per heavy atom. The molecule has 0 aliphatic heterocycles. The normalized spacial score (nSPS) is 20.9. The van der Waals surface area contributed by atoms with Crippen LogP contribution in [0.1, 0.15) is 15.9 Å². The molecule has 2 nitrogen and oxygen atoms in total. The van der Waals surface area contributed by atoms with E-state index in [1.807, 2.05) is 30.3 Å². The maximum absolute atomic E-state index is 14.1. The molecule has 2 aromatic rings. The third-order valence-corrected chi connectivity index (χ3v) is 3.43. The predicted molar refractivity (Wildman–Crippen MR) is 69.4 cm³/mol. The van der Waals surface area contributed by atoms with E-state index in [1.165, 1.54) is 6.07 Å². The number of hydrogen-bond donors (Lipinski definition) is 0. The van der Waals surface area contributed by atoms with Gasteiger partial charge in [-0.2, -0.15) is 5.26 Å². The topological polar surface area (TPSA) is 40.9 Å². The van der Waals surface area contributed by atoms with Crippen molar-refractivity contribution in [2.24, 2.45) is 0 Å². The van der Waals surface area contributed by atoms with Gasteiger partial charge < -0.3 is 0 Å². The van der Waals surface area contributed by atoms with Crippen LogP contribution in [0.2, 0.25) is 0 Å². The molecule has 1 atom stereocenters. The highest BCUT2D eigenvalue weighted by Gasteiger charge is 2.46. The third kappa shape index (κ3) is 1.73. The number of hydrogen-bond acceptors (Lipinski definition) is 2. The first kappa shape index (κ1) is 11.6. The van der Waals surface area contributed by atoms with Crippen LogP contribution in [0.3, 0.4) is 0 Å². The molecular weight excluding hydrogens is 241 g/mol. The van der Waals surface area contributed by atoms with Crippen LogP contribution in [-0.4, -0.2) is 11.5 Å². The fourth-order valence-corrected chi connectivity index (χ4v) is 2.42. The van der Waals surface area contributed by atoms with Crippen LogP contribution >= 0.6 is 0 Å². The lowest BCUT2D eigenvalue weighted by Gasteiger charge is -2.04. The van der Waals surface area contributed by atoms with Gasteiger partial charge in [0, 0.05) is 12.0 Å². The Kier molecular flexibility index (Phi) is 2.46. The van der Waals surface area contributed by atoms with Gasteiger partial charge in [0.25, 0.3) is 5.67 Å². The van der Waals surface area contributed by atoms with E-state index < -0.39 is 11.5 Å². The molecule has 0 saturated carbocycles. The number of ketones is 1. The highest BCUT2D eigenvalue weighted by Crippen LogP contribution is 2.35. The summed E-state index contributed by atoms with van der Waals surface area (Å²) in [5, 5.41) is 8.81. The molecule has 0 heterocycles. The first-order valence-corrected chi connectivity index (χ1v) is 5.97. The van der Waals surface area contributed by atoms with Gasteiger partial charge >= 0.3 is 0 Å². The molecule has 0 N–H and O–H groups in total. The van der Waals surface area contributed by atoms with Gasteiger partial charge in [-0.15, -0.1) is 0 Å². The zero-order chi connectivity index (χ0) is 13.5. The smallest absolute Gasteiger partial charge is 0.261 e. The second-order valence-electron chi connectivity index (χ2n) is 4.66. The maximum atomic E-state index is 14.1. The molecule has 0 unspecified atom stereocenters. The number of fused-ring (bicyclic) bond motifs is 1. The van der Waals surface area contributed by atoms with E-state index in [4.69, 9.17) is 5.26 Å². The fourth-order valence-electron chi connectivity index (χ4n) is 2.42. The summed E-state index contributed by atoms with van der Waals surface area (Å²) in [4.78, 5) is 11.8. The molecule has 1 aliphatic rings. The van der Waals surface area contributed by atoms with Crippen molar-refractivity contribution in [2.45, 2.75) is 12.1 Å². The average Bonchev–Trinajstić information content (AvgIpc) is 2.72. The van der Waals surface area contributed by atoms with Crippen LogP contribution in [0.5, 0.6) is 0 Å². The van der Waals surface area contributed by atoms with E-state index in [0.717, 1.165) is 11.1 Å². The van der Waals surface area contributed by atoms with Gasteiger partial charge in [-0.05, 0) is 16.7 Å². The average molecular weight is 251 g/mol. The van der Waals surface area contributed by atoms with Crippen LogP contribution in [0.25, 0.3) is 11.1 Å². The minimum absolute atomic E-state index is 0.154. The molecule has 92 valence electrons. The lowest BCUT2D eigenvalue weighted by atomic mass is 10.0. The molecule has 1 aliphatic carbocycles. The number of rotatable bonds is 1. The summed E-state index contributed by atoms with van der Waals surface area (Å²) in [6.45, 7) is 0. The van der Waals surface area contributed by atoms with E-state index in [-0.39, 0.29) is 6.42 Å². The third-order valence-electron chi connectivity index (χ3n) is 3.43. The second kappa shape index (κ2) is 4.03. The van der Waals surface area contributed by atoms with Crippen molar-refractivity contribution < 1.29 is 9.18 Å². The van der Waals surface area contributed by atoms with Crippen molar-refractivity contribution in [1.82, 2.24) is 0 Å². The first-order valence-electron chi connectivity index (χ1n) is 5.97. The molecule has 0 bridgehead atoms. The van der Waals surface area contributed by atoms with Crippen molar-refractivity contribution in [3.63, 3.8) is 0 Å². The van der Waals surface area contributed by atoms with E-state index in [2.05, 4.69) is 0 Å². The maximum Gasteiger partial charge on any atom is 0.261 e. The quantitative estimate of drug-likeness (QED) is 0.780. The minimum Gasteiger partial charge on any atom is -0.289 e. The highest BCUT2D eigenvalue weighted by atomic mass is 19.1. The molecule has 0 spiro atoms. The van der Waals surface area contributed by atoms with E-state index in [1.54, 1.807) is 18.2 Å². The number of benzene rings is 2. The minimum atomic E-state index is -2.39. The Bertz CT molecular complexity index is 702. The standard InChI is InChI=1S/C16H10FNO/c17-16(10-18)9-13-8-12(6-7-14(13)15(16)19)11-4-2-1-3-5-11/h1-8H,9H2/t16-/m1/s1. The Balaban J connectivity index is 2.08. The molecule has 3 rings (SSSR count). The lowest BCUT2D eigenvalue weighted by molar-refractivity contribution is 0.0820. The van der Waals surface area contributed by atoms with Gasteiger partial charge in [0.2, 0.25) is 5.78 Å². The van der Waals surface area contributed by atoms with Crippen molar-refractivity contribution in [3.8, 4) is 17.2 Å². The monoisotopic (exact) mass is 251 g/mol. The van der Waals surface area contributed by atoms with Gasteiger partial charge in [-0.25, -0.2) is 4.39 Å². The number of nitrogens with zero attached hydrogens (tertiary/aromatic N) is 1. The molecule has 0 fully saturated rings. The van der Waals surface area contributed by atoms with E-state index in [0.29, 0.717) is 11.1 Å². The summed E-state index contributed by atoms with van der Waals surface area (Å²) < 4.78 is 14.1. The SMILES string of the molecule is N#C[C@]1(F)Cc2cc(-c3ccccc3)ccc2C1=O. The number of carbonyl (C=O) groups is 1. The largest absolute Gasteiger partial charge is 0.289 e. The molecule has 2 aromatic carbocycles. The van der Waals surface area contributed by atoms with Crippen molar-refractivity contribution in [1.29, 1.82) is 5.26 Å². The van der Waals surface area contributed by atoms with E-state index in [9.17, 15) is 9.18 Å². The Morgan fingerprint density at radius 2 is 1.84 bits per heavy atom. The van der Waals surface area contributed by atoms with Gasteiger partial charge in [0.05, 0.1) is 0 Å². The summed E-state index contributed by atoms with van der Waals surface area (Å²) in [6, 6.07) is 16.3. The first-order chi connectivity index (χ1) is 9.14. The molecule has 0 amide bonds. The number of alkyl halides is 1. The van der Waals surface area contributed by atoms with Gasteiger partial charge in [0.1, 0.15) is 6.07 Å². The molecular formula is C16H10FNO. The molecule has 0 aromatic heterocycles. The summed E-state index contributed by atoms with van der Waals surface area (Å²) in [5.74, 6) is -0.718. The van der Waals surface area contributed by atoms with Crippen LogP contribution in [0.4, 0.5) is 4.39 Å². The zero-order valence-corrected chi connectivity index (χ0v) is 10.1. The number of carbonyl (C=O) groups excluding carboxylic acids is 1. The predicted octanol–water partition coefficient (Wildman–Crippen LogP) is 3.32. The fraction of sp³-hybridized carbons (Fsp3) is 0.125. The second-order valence-corrected chi connectivity index (χ2v) is 4.66. The van der Waals surface area contributed by atoms with Gasteiger partial charge in [-0.3, -0.25) is 4.79 Å². The summed E-state index contributed by atoms with van der Waals surface area (Å²) in [6.07, 6.45) is -0.154. The molecule has 0 radical (unpaired) electrons. The van der Waals surface area contributed by atoms with Crippen molar-refractivity contribution in [2.75, 3.05) is 0 Å². The molecule has 19 heavy (non-hydrogen) atoms. The van der Waals surface area contributed by atoms with E-state index >= 15 is 0 Å². The van der Waals surface area contributed by atoms with Crippen LogP contribution in [0.15, 0.2) is 48.5 Å². The molecule has 3 heteroatoms. The van der Waals surface area contributed by atoms with Crippen LogP contribution in [0, 0.1) is 11.3 Å². The summed E-state index contributed by atoms with van der Waals surface area (Å²) in [7, 11) is 0. The van der Waals surface area contributed by atoms with Crippen molar-refractivity contribution >= 4 is 5.78 Å². The Hall–Kier alpha value is -2.47. The summed E-state index contributed by atoms with van der Waals surface area (Å²) >= 11 is 0. The van der Waals surface area contributed by atoms with Gasteiger partial charge in [0.15, 0.2) is 0 Å².